The molecule has 1 saturated carbocycles. The van der Waals surface area contributed by atoms with Crippen molar-refractivity contribution in [1.82, 2.24) is 0 Å². The Labute approximate surface area is 74.3 Å². The molecule has 4 heteroatoms. The third-order valence-corrected chi connectivity index (χ3v) is 4.99. The van der Waals surface area contributed by atoms with Gasteiger partial charge in [0.25, 0.3) is 0 Å². The standard InChI is InChI=1S/C8H17NO2S/c1-7(5-9)12(10,11)6-8-3-2-4-8/h7-8H,2-6,9H2,1H3. The summed E-state index contributed by atoms with van der Waals surface area (Å²) in [6.45, 7) is 1.93. The molecular formula is C8H17NO2S. The molecule has 0 saturated heterocycles. The first-order valence-electron chi connectivity index (χ1n) is 4.48. The molecule has 0 amide bonds. The first kappa shape index (κ1) is 9.99. The third-order valence-electron chi connectivity index (χ3n) is 2.64. The van der Waals surface area contributed by atoms with E-state index in [1.165, 1.54) is 6.42 Å². The maximum Gasteiger partial charge on any atom is 0.154 e. The second-order valence-electron chi connectivity index (χ2n) is 3.67. The second kappa shape index (κ2) is 3.75. The lowest BCUT2D eigenvalue weighted by Crippen LogP contribution is -2.33. The van der Waals surface area contributed by atoms with Crippen LogP contribution < -0.4 is 5.73 Å². The van der Waals surface area contributed by atoms with E-state index in [1.807, 2.05) is 0 Å². The number of nitrogens with two attached hydrogens (primary N) is 1. The van der Waals surface area contributed by atoms with Crippen molar-refractivity contribution in [2.45, 2.75) is 31.4 Å². The summed E-state index contributed by atoms with van der Waals surface area (Å²) < 4.78 is 23.0. The van der Waals surface area contributed by atoms with E-state index in [0.29, 0.717) is 11.7 Å². The highest BCUT2D eigenvalue weighted by molar-refractivity contribution is 7.92. The summed E-state index contributed by atoms with van der Waals surface area (Å²) in [6, 6.07) is 0. The Morgan fingerprint density at radius 2 is 2.08 bits per heavy atom. The first-order chi connectivity index (χ1) is 5.56. The van der Waals surface area contributed by atoms with Crippen LogP contribution in [0.1, 0.15) is 26.2 Å². The van der Waals surface area contributed by atoms with Crippen molar-refractivity contribution in [3.05, 3.63) is 0 Å². The molecule has 3 nitrogen and oxygen atoms in total. The summed E-state index contributed by atoms with van der Waals surface area (Å²) in [5, 5.41) is -0.363. The van der Waals surface area contributed by atoms with E-state index in [1.54, 1.807) is 6.92 Å². The summed E-state index contributed by atoms with van der Waals surface area (Å²) in [5.41, 5.74) is 5.31. The largest absolute Gasteiger partial charge is 0.329 e. The van der Waals surface area contributed by atoms with Gasteiger partial charge in [0.05, 0.1) is 11.0 Å². The van der Waals surface area contributed by atoms with Crippen LogP contribution in [0.3, 0.4) is 0 Å². The number of rotatable bonds is 4. The van der Waals surface area contributed by atoms with Crippen LogP contribution in [0.2, 0.25) is 0 Å². The minimum atomic E-state index is -2.90. The van der Waals surface area contributed by atoms with E-state index >= 15 is 0 Å². The fraction of sp³-hybridized carbons (Fsp3) is 1.00. The minimum Gasteiger partial charge on any atom is -0.329 e. The van der Waals surface area contributed by atoms with Gasteiger partial charge in [0.1, 0.15) is 0 Å². The number of hydrogen-bond donors (Lipinski definition) is 1. The lowest BCUT2D eigenvalue weighted by molar-refractivity contribution is 0.346. The smallest absolute Gasteiger partial charge is 0.154 e. The highest BCUT2D eigenvalue weighted by atomic mass is 32.2. The lowest BCUT2D eigenvalue weighted by atomic mass is 9.87. The van der Waals surface area contributed by atoms with E-state index in [9.17, 15) is 8.42 Å². The van der Waals surface area contributed by atoms with Crippen LogP contribution >= 0.6 is 0 Å². The third kappa shape index (κ3) is 2.20. The predicted octanol–water partition coefficient (Wildman–Crippen LogP) is 0.548. The molecule has 1 unspecified atom stereocenters. The van der Waals surface area contributed by atoms with Crippen molar-refractivity contribution < 1.29 is 8.42 Å². The topological polar surface area (TPSA) is 60.2 Å². The zero-order valence-electron chi connectivity index (χ0n) is 7.49. The molecule has 1 aliphatic carbocycles. The van der Waals surface area contributed by atoms with Crippen LogP contribution in [0.4, 0.5) is 0 Å². The monoisotopic (exact) mass is 191 g/mol. The second-order valence-corrected chi connectivity index (χ2v) is 6.14. The van der Waals surface area contributed by atoms with Gasteiger partial charge in [-0.15, -0.1) is 0 Å². The van der Waals surface area contributed by atoms with E-state index in [4.69, 9.17) is 5.73 Å². The number of sulfone groups is 1. The number of hydrogen-bond acceptors (Lipinski definition) is 3. The van der Waals surface area contributed by atoms with E-state index in [-0.39, 0.29) is 11.8 Å². The van der Waals surface area contributed by atoms with Crippen molar-refractivity contribution in [3.8, 4) is 0 Å². The van der Waals surface area contributed by atoms with Gasteiger partial charge in [-0.1, -0.05) is 6.42 Å². The van der Waals surface area contributed by atoms with Gasteiger partial charge in [-0.2, -0.15) is 0 Å². The van der Waals surface area contributed by atoms with Gasteiger partial charge >= 0.3 is 0 Å². The summed E-state index contributed by atoms with van der Waals surface area (Å²) in [6.07, 6.45) is 3.35. The molecule has 72 valence electrons. The van der Waals surface area contributed by atoms with Crippen LogP contribution in [0.25, 0.3) is 0 Å². The Bertz CT molecular complexity index is 231. The lowest BCUT2D eigenvalue weighted by Gasteiger charge is -2.26. The molecule has 0 bridgehead atoms. The normalized spacial score (nSPS) is 21.8. The molecule has 0 aromatic rings. The molecule has 2 N–H and O–H groups in total. The zero-order valence-corrected chi connectivity index (χ0v) is 8.31. The molecule has 0 radical (unpaired) electrons. The van der Waals surface area contributed by atoms with Crippen molar-refractivity contribution in [1.29, 1.82) is 0 Å². The van der Waals surface area contributed by atoms with Gasteiger partial charge in [0.2, 0.25) is 0 Å². The molecule has 0 heterocycles. The Balaban J connectivity index is 2.47. The summed E-state index contributed by atoms with van der Waals surface area (Å²) in [4.78, 5) is 0. The molecule has 0 aliphatic heterocycles. The van der Waals surface area contributed by atoms with Crippen molar-refractivity contribution in [2.75, 3.05) is 12.3 Å². The fourth-order valence-electron chi connectivity index (χ4n) is 1.30. The van der Waals surface area contributed by atoms with Crippen molar-refractivity contribution in [2.24, 2.45) is 11.7 Å². The molecule has 0 aromatic carbocycles. The molecule has 0 aromatic heterocycles. The van der Waals surface area contributed by atoms with Gasteiger partial charge in [0.15, 0.2) is 9.84 Å². The summed E-state index contributed by atoms with van der Waals surface area (Å²) in [7, 11) is -2.90. The highest BCUT2D eigenvalue weighted by Gasteiger charge is 2.27. The van der Waals surface area contributed by atoms with Crippen LogP contribution in [0, 0.1) is 5.92 Å². The Morgan fingerprint density at radius 1 is 1.50 bits per heavy atom. The Hall–Kier alpha value is -0.0900. The fourth-order valence-corrected chi connectivity index (χ4v) is 2.91. The average molecular weight is 191 g/mol. The molecule has 0 spiro atoms. The van der Waals surface area contributed by atoms with Gasteiger partial charge in [-0.3, -0.25) is 0 Å². The first-order valence-corrected chi connectivity index (χ1v) is 6.19. The zero-order chi connectivity index (χ0) is 9.19. The quantitative estimate of drug-likeness (QED) is 0.706. The average Bonchev–Trinajstić information content (AvgIpc) is 1.95. The molecule has 1 fully saturated rings. The molecule has 12 heavy (non-hydrogen) atoms. The maximum absolute atomic E-state index is 11.5. The maximum atomic E-state index is 11.5. The molecule has 1 rings (SSSR count). The van der Waals surface area contributed by atoms with Crippen molar-refractivity contribution >= 4 is 9.84 Å². The van der Waals surface area contributed by atoms with Crippen molar-refractivity contribution in [3.63, 3.8) is 0 Å². The SMILES string of the molecule is CC(CN)S(=O)(=O)CC1CCC1. The predicted molar refractivity (Wildman–Crippen MR) is 49.6 cm³/mol. The van der Waals surface area contributed by atoms with Crippen LogP contribution in [-0.2, 0) is 9.84 Å². The van der Waals surface area contributed by atoms with Gasteiger partial charge in [-0.25, -0.2) is 8.42 Å². The summed E-state index contributed by atoms with van der Waals surface area (Å²) in [5.74, 6) is 0.773. The molecule has 1 atom stereocenters. The van der Waals surface area contributed by atoms with Gasteiger partial charge in [-0.05, 0) is 25.7 Å². The molecule has 1 aliphatic rings. The van der Waals surface area contributed by atoms with Gasteiger partial charge < -0.3 is 5.73 Å². The summed E-state index contributed by atoms with van der Waals surface area (Å²) >= 11 is 0. The van der Waals surface area contributed by atoms with Crippen LogP contribution in [0.15, 0.2) is 0 Å². The van der Waals surface area contributed by atoms with Crippen LogP contribution in [-0.4, -0.2) is 26.0 Å². The van der Waals surface area contributed by atoms with Crippen LogP contribution in [0.5, 0.6) is 0 Å². The molecular weight excluding hydrogens is 174 g/mol. The van der Waals surface area contributed by atoms with E-state index in [0.717, 1.165) is 12.8 Å². The minimum absolute atomic E-state index is 0.245. The van der Waals surface area contributed by atoms with E-state index in [2.05, 4.69) is 0 Å². The van der Waals surface area contributed by atoms with Gasteiger partial charge in [0, 0.05) is 6.54 Å². The van der Waals surface area contributed by atoms with E-state index < -0.39 is 9.84 Å². The highest BCUT2D eigenvalue weighted by Crippen LogP contribution is 2.28. The Morgan fingerprint density at radius 3 is 2.42 bits per heavy atom. The Kier molecular flexibility index (Phi) is 3.12.